The van der Waals surface area contributed by atoms with Gasteiger partial charge in [0.2, 0.25) is 5.75 Å². The van der Waals surface area contributed by atoms with E-state index >= 15 is 0 Å². The van der Waals surface area contributed by atoms with Crippen molar-refractivity contribution in [2.75, 3.05) is 6.54 Å². The third kappa shape index (κ3) is 2.08. The van der Waals surface area contributed by atoms with Crippen LogP contribution in [0.15, 0.2) is 24.3 Å². The van der Waals surface area contributed by atoms with E-state index in [1.165, 1.54) is 6.07 Å². The molecule has 5 nitrogen and oxygen atoms in total. The van der Waals surface area contributed by atoms with E-state index in [-0.39, 0.29) is 23.5 Å². The molecular formula is C10H11NO4. The zero-order valence-electron chi connectivity index (χ0n) is 7.97. The number of carbonyl (C=O) groups is 1. The third-order valence-electron chi connectivity index (χ3n) is 2.27. The van der Waals surface area contributed by atoms with Crippen molar-refractivity contribution in [3.05, 3.63) is 24.3 Å². The monoisotopic (exact) mass is 209 g/mol. The predicted molar refractivity (Wildman–Crippen MR) is 51.7 cm³/mol. The van der Waals surface area contributed by atoms with E-state index in [1.54, 1.807) is 18.2 Å². The molecule has 0 spiro atoms. The van der Waals surface area contributed by atoms with Crippen molar-refractivity contribution in [1.29, 1.82) is 0 Å². The highest BCUT2D eigenvalue weighted by molar-refractivity contribution is 5.79. The van der Waals surface area contributed by atoms with Crippen LogP contribution in [0.25, 0.3) is 0 Å². The van der Waals surface area contributed by atoms with E-state index in [0.717, 1.165) is 13.0 Å². The summed E-state index contributed by atoms with van der Waals surface area (Å²) < 4.78 is 5.05. The van der Waals surface area contributed by atoms with Crippen molar-refractivity contribution in [3.8, 4) is 11.5 Å². The summed E-state index contributed by atoms with van der Waals surface area (Å²) in [5.74, 6) is -0.00498. The predicted octanol–water partition coefficient (Wildman–Crippen LogP) is 0.806. The first kappa shape index (κ1) is 9.95. The molecule has 1 fully saturated rings. The van der Waals surface area contributed by atoms with Gasteiger partial charge in [0.15, 0.2) is 5.75 Å². The molecule has 80 valence electrons. The molecule has 15 heavy (non-hydrogen) atoms. The standard InChI is InChI=1S/C10H11NO4/c12-10(7-5-6-11-7)14-8-3-1-2-4-9(8)15-13/h1-4,7,11,13H,5-6H2/t7-/m0/s1. The lowest BCUT2D eigenvalue weighted by molar-refractivity contribution is -0.145. The average molecular weight is 209 g/mol. The van der Waals surface area contributed by atoms with Crippen LogP contribution in [0.2, 0.25) is 0 Å². The maximum Gasteiger partial charge on any atom is 0.328 e. The van der Waals surface area contributed by atoms with Gasteiger partial charge in [-0.3, -0.25) is 0 Å². The summed E-state index contributed by atoms with van der Waals surface area (Å²) in [5.41, 5.74) is 0. The van der Waals surface area contributed by atoms with Crippen LogP contribution in [-0.4, -0.2) is 23.8 Å². The lowest BCUT2D eigenvalue weighted by Crippen LogP contribution is -2.50. The highest BCUT2D eigenvalue weighted by Gasteiger charge is 2.27. The molecule has 1 heterocycles. The van der Waals surface area contributed by atoms with Gasteiger partial charge in [0, 0.05) is 0 Å². The van der Waals surface area contributed by atoms with Crippen LogP contribution in [0.5, 0.6) is 11.5 Å². The third-order valence-corrected chi connectivity index (χ3v) is 2.27. The van der Waals surface area contributed by atoms with Gasteiger partial charge in [0.25, 0.3) is 0 Å². The molecular weight excluding hydrogens is 198 g/mol. The average Bonchev–Trinajstić information content (AvgIpc) is 2.15. The van der Waals surface area contributed by atoms with E-state index in [1.807, 2.05) is 0 Å². The van der Waals surface area contributed by atoms with Gasteiger partial charge >= 0.3 is 5.97 Å². The smallest absolute Gasteiger partial charge is 0.328 e. The summed E-state index contributed by atoms with van der Waals surface area (Å²) in [6, 6.07) is 6.19. The van der Waals surface area contributed by atoms with E-state index in [4.69, 9.17) is 9.99 Å². The van der Waals surface area contributed by atoms with E-state index in [9.17, 15) is 4.79 Å². The zero-order chi connectivity index (χ0) is 10.7. The highest BCUT2D eigenvalue weighted by atomic mass is 17.1. The molecule has 1 aliphatic heterocycles. The fourth-order valence-corrected chi connectivity index (χ4v) is 1.28. The van der Waals surface area contributed by atoms with Crippen molar-refractivity contribution in [3.63, 3.8) is 0 Å². The molecule has 0 amide bonds. The molecule has 0 bridgehead atoms. The molecule has 2 N–H and O–H groups in total. The van der Waals surface area contributed by atoms with Crippen LogP contribution in [0, 0.1) is 0 Å². The lowest BCUT2D eigenvalue weighted by atomic mass is 10.1. The van der Waals surface area contributed by atoms with Crippen molar-refractivity contribution in [1.82, 2.24) is 5.32 Å². The SMILES string of the molecule is O=C(Oc1ccccc1OO)[C@@H]1CCN1. The topological polar surface area (TPSA) is 67.8 Å². The number of esters is 1. The Morgan fingerprint density at radius 1 is 1.40 bits per heavy atom. The summed E-state index contributed by atoms with van der Waals surface area (Å²) in [6.45, 7) is 0.831. The maximum atomic E-state index is 11.4. The molecule has 0 aromatic heterocycles. The summed E-state index contributed by atoms with van der Waals surface area (Å²) in [7, 11) is 0. The number of hydrogen-bond acceptors (Lipinski definition) is 5. The second kappa shape index (κ2) is 4.29. The minimum Gasteiger partial charge on any atom is -0.421 e. The normalized spacial score (nSPS) is 19.1. The minimum atomic E-state index is -0.356. The Kier molecular flexibility index (Phi) is 2.84. The van der Waals surface area contributed by atoms with Crippen molar-refractivity contribution in [2.45, 2.75) is 12.5 Å². The molecule has 2 rings (SSSR count). The molecule has 0 unspecified atom stereocenters. The first-order valence-corrected chi connectivity index (χ1v) is 4.67. The van der Waals surface area contributed by atoms with Crippen LogP contribution in [0.4, 0.5) is 0 Å². The Hall–Kier alpha value is -1.59. The molecule has 0 radical (unpaired) electrons. The molecule has 1 aromatic rings. The van der Waals surface area contributed by atoms with Gasteiger partial charge in [-0.15, -0.1) is 0 Å². The van der Waals surface area contributed by atoms with E-state index in [0.29, 0.717) is 0 Å². The largest absolute Gasteiger partial charge is 0.421 e. The number of para-hydroxylation sites is 2. The number of ether oxygens (including phenoxy) is 1. The fourth-order valence-electron chi connectivity index (χ4n) is 1.28. The Balaban J connectivity index is 2.05. The van der Waals surface area contributed by atoms with Crippen LogP contribution in [0.1, 0.15) is 6.42 Å². The first-order valence-electron chi connectivity index (χ1n) is 4.67. The lowest BCUT2D eigenvalue weighted by Gasteiger charge is -2.25. The fraction of sp³-hybridized carbons (Fsp3) is 0.300. The quantitative estimate of drug-likeness (QED) is 0.333. The number of carbonyl (C=O) groups excluding carboxylic acids is 1. The number of nitrogens with one attached hydrogen (secondary N) is 1. The van der Waals surface area contributed by atoms with Crippen LogP contribution in [-0.2, 0) is 4.79 Å². The van der Waals surface area contributed by atoms with Crippen molar-refractivity contribution < 1.29 is 19.7 Å². The molecule has 1 aliphatic rings. The molecule has 0 saturated carbocycles. The molecule has 1 aromatic carbocycles. The van der Waals surface area contributed by atoms with Crippen molar-refractivity contribution >= 4 is 5.97 Å². The van der Waals surface area contributed by atoms with Crippen LogP contribution >= 0.6 is 0 Å². The summed E-state index contributed by atoms with van der Waals surface area (Å²) in [6.07, 6.45) is 0.779. The number of benzene rings is 1. The second-order valence-corrected chi connectivity index (χ2v) is 3.25. The van der Waals surface area contributed by atoms with Gasteiger partial charge < -0.3 is 14.9 Å². The van der Waals surface area contributed by atoms with Gasteiger partial charge in [-0.25, -0.2) is 10.1 Å². The first-order chi connectivity index (χ1) is 7.31. The van der Waals surface area contributed by atoms with E-state index in [2.05, 4.69) is 10.2 Å². The van der Waals surface area contributed by atoms with Gasteiger partial charge in [0.05, 0.1) is 0 Å². The number of rotatable bonds is 3. The molecule has 1 saturated heterocycles. The van der Waals surface area contributed by atoms with E-state index < -0.39 is 0 Å². The van der Waals surface area contributed by atoms with Gasteiger partial charge in [-0.1, -0.05) is 12.1 Å². The maximum absolute atomic E-state index is 11.4. The van der Waals surface area contributed by atoms with Crippen molar-refractivity contribution in [2.24, 2.45) is 0 Å². The van der Waals surface area contributed by atoms with Gasteiger partial charge in [0.1, 0.15) is 6.04 Å². The Morgan fingerprint density at radius 3 is 2.60 bits per heavy atom. The van der Waals surface area contributed by atoms with Crippen LogP contribution in [0.3, 0.4) is 0 Å². The van der Waals surface area contributed by atoms with Crippen LogP contribution < -0.4 is 14.9 Å². The summed E-state index contributed by atoms with van der Waals surface area (Å²) >= 11 is 0. The molecule has 1 atom stereocenters. The number of hydrogen-bond donors (Lipinski definition) is 2. The minimum absolute atomic E-state index is 0.130. The Bertz CT molecular complexity index is 362. The molecule has 0 aliphatic carbocycles. The van der Waals surface area contributed by atoms with Gasteiger partial charge in [-0.05, 0) is 25.1 Å². The molecule has 5 heteroatoms. The summed E-state index contributed by atoms with van der Waals surface area (Å²) in [4.78, 5) is 15.5. The Labute approximate surface area is 86.5 Å². The highest BCUT2D eigenvalue weighted by Crippen LogP contribution is 2.26. The zero-order valence-corrected chi connectivity index (χ0v) is 7.97. The Morgan fingerprint density at radius 2 is 2.07 bits per heavy atom. The van der Waals surface area contributed by atoms with Gasteiger partial charge in [-0.2, -0.15) is 0 Å². The second-order valence-electron chi connectivity index (χ2n) is 3.25. The summed E-state index contributed by atoms with van der Waals surface area (Å²) in [5, 5.41) is 11.5.